The first-order valence-electron chi connectivity index (χ1n) is 9.76. The maximum Gasteiger partial charge on any atom is 0.325 e. The molecule has 152 valence electrons. The van der Waals surface area contributed by atoms with Crippen LogP contribution >= 0.6 is 0 Å². The zero-order chi connectivity index (χ0) is 20.9. The molecule has 1 saturated heterocycles. The van der Waals surface area contributed by atoms with Crippen molar-refractivity contribution in [3.05, 3.63) is 52.8 Å². The fraction of sp³-hybridized carbons (Fsp3) is 0.409. The summed E-state index contributed by atoms with van der Waals surface area (Å²) in [6.07, 6.45) is 2.24. The number of aromatic nitrogens is 1. The van der Waals surface area contributed by atoms with Gasteiger partial charge in [0.05, 0.1) is 13.7 Å². The molecule has 0 unspecified atom stereocenters. The van der Waals surface area contributed by atoms with Gasteiger partial charge in [-0.3, -0.25) is 14.5 Å². The summed E-state index contributed by atoms with van der Waals surface area (Å²) in [7, 11) is 1.56. The molecule has 1 aromatic heterocycles. The van der Waals surface area contributed by atoms with Crippen LogP contribution in [-0.2, 0) is 10.3 Å². The van der Waals surface area contributed by atoms with Gasteiger partial charge in [-0.25, -0.2) is 4.79 Å². The first kappa shape index (κ1) is 19.2. The number of rotatable bonds is 6. The van der Waals surface area contributed by atoms with E-state index in [2.05, 4.69) is 9.88 Å². The van der Waals surface area contributed by atoms with Crippen molar-refractivity contribution in [3.8, 4) is 5.75 Å². The standard InChI is InChI=1S/C22H25N3O4/c1-13-11-18(14(2)25(13)16-7-8-16)19(26)12-24-20(27)22(3,23-21(24)28)15-5-9-17(29-4)10-6-15/h5-6,9-11,16H,7-8,12H2,1-4H3,(H,23,28)/t22-/m1/s1. The molecule has 2 heterocycles. The molecule has 7 heteroatoms. The van der Waals surface area contributed by atoms with Crippen molar-refractivity contribution in [1.29, 1.82) is 0 Å². The SMILES string of the molecule is COc1ccc([C@@]2(C)NC(=O)N(CC(=O)c3cc(C)n(C4CC4)c3C)C2=O)cc1. The van der Waals surface area contributed by atoms with Gasteiger partial charge in [0.15, 0.2) is 5.78 Å². The van der Waals surface area contributed by atoms with Crippen LogP contribution in [0.15, 0.2) is 30.3 Å². The molecule has 0 bridgehead atoms. The highest BCUT2D eigenvalue weighted by Gasteiger charge is 2.49. The molecule has 1 saturated carbocycles. The molecule has 2 fully saturated rings. The average Bonchev–Trinajstić information content (AvgIpc) is 3.45. The quantitative estimate of drug-likeness (QED) is 0.602. The fourth-order valence-electron chi connectivity index (χ4n) is 4.14. The normalized spacial score (nSPS) is 21.4. The zero-order valence-corrected chi connectivity index (χ0v) is 17.1. The number of hydrogen-bond acceptors (Lipinski definition) is 4. The number of ether oxygens (including phenoxy) is 1. The Morgan fingerprint density at radius 3 is 2.45 bits per heavy atom. The van der Waals surface area contributed by atoms with E-state index in [1.807, 2.05) is 19.9 Å². The summed E-state index contributed by atoms with van der Waals surface area (Å²) in [6.45, 7) is 5.28. The number of carbonyl (C=O) groups excluding carboxylic acids is 3. The number of aryl methyl sites for hydroxylation is 1. The molecule has 1 aliphatic carbocycles. The first-order chi connectivity index (χ1) is 13.8. The van der Waals surface area contributed by atoms with Crippen molar-refractivity contribution < 1.29 is 19.1 Å². The van der Waals surface area contributed by atoms with E-state index >= 15 is 0 Å². The Balaban J connectivity index is 1.56. The van der Waals surface area contributed by atoms with Crippen LogP contribution < -0.4 is 10.1 Å². The summed E-state index contributed by atoms with van der Waals surface area (Å²) in [4.78, 5) is 39.6. The number of nitrogens with zero attached hydrogens (tertiary/aromatic N) is 2. The van der Waals surface area contributed by atoms with E-state index in [0.717, 1.165) is 29.1 Å². The topological polar surface area (TPSA) is 80.6 Å². The van der Waals surface area contributed by atoms with Gasteiger partial charge >= 0.3 is 6.03 Å². The molecule has 2 aromatic rings. The van der Waals surface area contributed by atoms with Gasteiger partial charge in [-0.2, -0.15) is 0 Å². The number of imide groups is 1. The molecule has 29 heavy (non-hydrogen) atoms. The third-order valence-electron chi connectivity index (χ3n) is 5.94. The third-order valence-corrected chi connectivity index (χ3v) is 5.94. The first-order valence-corrected chi connectivity index (χ1v) is 9.76. The van der Waals surface area contributed by atoms with Crippen molar-refractivity contribution in [2.45, 2.75) is 45.2 Å². The largest absolute Gasteiger partial charge is 0.497 e. The highest BCUT2D eigenvalue weighted by atomic mass is 16.5. The summed E-state index contributed by atoms with van der Waals surface area (Å²) in [6, 6.07) is 8.72. The average molecular weight is 395 g/mol. The lowest BCUT2D eigenvalue weighted by Gasteiger charge is -2.22. The predicted octanol–water partition coefficient (Wildman–Crippen LogP) is 3.10. The summed E-state index contributed by atoms with van der Waals surface area (Å²) >= 11 is 0. The molecule has 1 aromatic carbocycles. The van der Waals surface area contributed by atoms with Gasteiger partial charge in [0.2, 0.25) is 0 Å². The zero-order valence-electron chi connectivity index (χ0n) is 17.1. The Hall–Kier alpha value is -3.09. The lowest BCUT2D eigenvalue weighted by Crippen LogP contribution is -2.41. The molecule has 4 rings (SSSR count). The lowest BCUT2D eigenvalue weighted by molar-refractivity contribution is -0.130. The van der Waals surface area contributed by atoms with E-state index < -0.39 is 17.5 Å². The minimum absolute atomic E-state index is 0.229. The van der Waals surface area contributed by atoms with Gasteiger partial charge in [-0.15, -0.1) is 0 Å². The molecule has 1 N–H and O–H groups in total. The highest BCUT2D eigenvalue weighted by Crippen LogP contribution is 2.38. The van der Waals surface area contributed by atoms with Gasteiger partial charge in [0.1, 0.15) is 11.3 Å². The third kappa shape index (κ3) is 3.10. The number of methoxy groups -OCH3 is 1. The second-order valence-corrected chi connectivity index (χ2v) is 7.98. The lowest BCUT2D eigenvalue weighted by atomic mass is 9.92. The van der Waals surface area contributed by atoms with Crippen LogP contribution in [0.2, 0.25) is 0 Å². The number of ketones is 1. The van der Waals surface area contributed by atoms with Gasteiger partial charge in [-0.1, -0.05) is 12.1 Å². The predicted molar refractivity (Wildman–Crippen MR) is 107 cm³/mol. The molecule has 3 amide bonds. The van der Waals surface area contributed by atoms with E-state index in [0.29, 0.717) is 22.9 Å². The molecule has 0 spiro atoms. The molecular formula is C22H25N3O4. The summed E-state index contributed by atoms with van der Waals surface area (Å²) in [5, 5.41) is 2.74. The Morgan fingerprint density at radius 1 is 1.21 bits per heavy atom. The Kier molecular flexibility index (Phi) is 4.48. The van der Waals surface area contributed by atoms with Gasteiger partial charge < -0.3 is 14.6 Å². The maximum absolute atomic E-state index is 13.1. The number of hydrogen-bond donors (Lipinski definition) is 1. The van der Waals surface area contributed by atoms with Crippen LogP contribution in [0.25, 0.3) is 0 Å². The minimum atomic E-state index is -1.21. The van der Waals surface area contributed by atoms with Gasteiger partial charge in [0, 0.05) is 23.0 Å². The van der Waals surface area contributed by atoms with Crippen molar-refractivity contribution in [2.75, 3.05) is 13.7 Å². The van der Waals surface area contributed by atoms with E-state index in [9.17, 15) is 14.4 Å². The van der Waals surface area contributed by atoms with E-state index in [1.165, 1.54) is 0 Å². The second-order valence-electron chi connectivity index (χ2n) is 7.98. The van der Waals surface area contributed by atoms with Gasteiger partial charge in [-0.05, 0) is 57.4 Å². The van der Waals surface area contributed by atoms with Crippen molar-refractivity contribution in [1.82, 2.24) is 14.8 Å². The highest BCUT2D eigenvalue weighted by molar-refractivity contribution is 6.11. The fourth-order valence-corrected chi connectivity index (χ4v) is 4.14. The van der Waals surface area contributed by atoms with E-state index in [4.69, 9.17) is 4.74 Å². The summed E-state index contributed by atoms with van der Waals surface area (Å²) in [5.74, 6) is -0.00308. The monoisotopic (exact) mass is 395 g/mol. The molecular weight excluding hydrogens is 370 g/mol. The number of amides is 3. The number of Topliss-reactive ketones (excluding diaryl/α,β-unsaturated/α-hetero) is 1. The van der Waals surface area contributed by atoms with Crippen LogP contribution in [0, 0.1) is 13.8 Å². The molecule has 0 radical (unpaired) electrons. The second kappa shape index (κ2) is 6.76. The van der Waals surface area contributed by atoms with Crippen LogP contribution in [0.4, 0.5) is 4.79 Å². The van der Waals surface area contributed by atoms with Crippen LogP contribution in [0.3, 0.4) is 0 Å². The molecule has 1 aliphatic heterocycles. The smallest absolute Gasteiger partial charge is 0.325 e. The number of benzene rings is 1. The minimum Gasteiger partial charge on any atom is -0.497 e. The Morgan fingerprint density at radius 2 is 1.86 bits per heavy atom. The van der Waals surface area contributed by atoms with E-state index in [1.54, 1.807) is 38.3 Å². The van der Waals surface area contributed by atoms with E-state index in [-0.39, 0.29) is 12.3 Å². The Bertz CT molecular complexity index is 1000. The number of nitrogens with one attached hydrogen (secondary N) is 1. The summed E-state index contributed by atoms with van der Waals surface area (Å²) < 4.78 is 7.33. The van der Waals surface area contributed by atoms with Crippen LogP contribution in [-0.4, -0.2) is 40.8 Å². The molecule has 2 aliphatic rings. The van der Waals surface area contributed by atoms with Crippen LogP contribution in [0.5, 0.6) is 5.75 Å². The summed E-state index contributed by atoms with van der Waals surface area (Å²) in [5.41, 5.74) is 1.94. The number of urea groups is 1. The van der Waals surface area contributed by atoms with Crippen molar-refractivity contribution in [2.24, 2.45) is 0 Å². The van der Waals surface area contributed by atoms with Crippen LogP contribution in [0.1, 0.15) is 53.1 Å². The van der Waals surface area contributed by atoms with Gasteiger partial charge in [0.25, 0.3) is 5.91 Å². The number of carbonyl (C=O) groups is 3. The van der Waals surface area contributed by atoms with Crippen molar-refractivity contribution >= 4 is 17.7 Å². The maximum atomic E-state index is 13.1. The van der Waals surface area contributed by atoms with Crippen molar-refractivity contribution in [3.63, 3.8) is 0 Å². The Labute approximate surface area is 169 Å². The molecule has 1 atom stereocenters. The molecule has 7 nitrogen and oxygen atoms in total.